The van der Waals surface area contributed by atoms with Crippen molar-refractivity contribution < 1.29 is 8.95 Å². The van der Waals surface area contributed by atoms with Gasteiger partial charge in [-0.2, -0.15) is 0 Å². The predicted molar refractivity (Wildman–Crippen MR) is 112 cm³/mol. The van der Waals surface area contributed by atoms with Crippen molar-refractivity contribution in [3.63, 3.8) is 0 Å². The van der Waals surface area contributed by atoms with Gasteiger partial charge in [0.25, 0.3) is 0 Å². The van der Waals surface area contributed by atoms with Crippen LogP contribution in [0, 0.1) is 17.4 Å². The number of benzene rings is 3. The average Bonchev–Trinajstić information content (AvgIpc) is 2.61. The summed E-state index contributed by atoms with van der Waals surface area (Å²) in [6.07, 6.45) is 0. The molecule has 0 spiro atoms. The predicted octanol–water partition coefficient (Wildman–Crippen LogP) is 5.75. The average molecular weight is 462 g/mol. The smallest absolute Gasteiger partial charge is 0.127 e. The first-order chi connectivity index (χ1) is 12.0. The zero-order valence-electron chi connectivity index (χ0n) is 14.4. The van der Waals surface area contributed by atoms with Crippen molar-refractivity contribution in [3.8, 4) is 16.9 Å². The van der Waals surface area contributed by atoms with Gasteiger partial charge < -0.3 is 4.74 Å². The second kappa shape index (κ2) is 7.70. The molecule has 0 radical (unpaired) electrons. The van der Waals surface area contributed by atoms with E-state index in [4.69, 9.17) is 4.74 Å². The molecule has 2 nitrogen and oxygen atoms in total. The van der Waals surface area contributed by atoms with E-state index in [1.807, 2.05) is 55.5 Å². The third-order valence-electron chi connectivity index (χ3n) is 4.11. The highest BCUT2D eigenvalue weighted by Gasteiger charge is 2.20. The SMILES string of the molecule is COc1cccc(S(=O)c2ccc(C)cc2)c1-c1c(C)cccc1I. The number of ether oxygens (including phenoxy) is 1. The molecule has 0 aliphatic rings. The lowest BCUT2D eigenvalue weighted by atomic mass is 10.00. The van der Waals surface area contributed by atoms with Crippen molar-refractivity contribution >= 4 is 33.4 Å². The van der Waals surface area contributed by atoms with Crippen molar-refractivity contribution in [3.05, 3.63) is 75.4 Å². The van der Waals surface area contributed by atoms with Gasteiger partial charge in [-0.3, -0.25) is 0 Å². The Labute approximate surface area is 164 Å². The molecular weight excluding hydrogens is 443 g/mol. The minimum atomic E-state index is -1.28. The normalized spacial score (nSPS) is 12.0. The largest absolute Gasteiger partial charge is 0.496 e. The van der Waals surface area contributed by atoms with Crippen molar-refractivity contribution in [2.75, 3.05) is 7.11 Å². The van der Waals surface area contributed by atoms with E-state index in [1.54, 1.807) is 7.11 Å². The maximum Gasteiger partial charge on any atom is 0.127 e. The molecule has 25 heavy (non-hydrogen) atoms. The fourth-order valence-corrected chi connectivity index (χ4v) is 4.95. The highest BCUT2D eigenvalue weighted by atomic mass is 127. The van der Waals surface area contributed by atoms with Gasteiger partial charge in [0.2, 0.25) is 0 Å². The Bertz CT molecular complexity index is 913. The minimum Gasteiger partial charge on any atom is -0.496 e. The molecule has 3 aromatic rings. The van der Waals surface area contributed by atoms with Crippen LogP contribution in [-0.4, -0.2) is 11.3 Å². The van der Waals surface area contributed by atoms with Gasteiger partial charge in [-0.1, -0.05) is 35.9 Å². The molecule has 0 saturated heterocycles. The molecule has 1 atom stereocenters. The standard InChI is InChI=1S/C21H19IO2S/c1-14-10-12-16(13-11-14)25(23)19-9-5-8-18(24-3)21(19)20-15(2)6-4-7-17(20)22/h4-13H,1-3H3. The zero-order valence-corrected chi connectivity index (χ0v) is 17.4. The second-order valence-electron chi connectivity index (χ2n) is 5.85. The fourth-order valence-electron chi connectivity index (χ4n) is 2.82. The Morgan fingerprint density at radius 3 is 2.20 bits per heavy atom. The van der Waals surface area contributed by atoms with E-state index in [9.17, 15) is 4.21 Å². The molecule has 0 aliphatic carbocycles. The molecule has 128 valence electrons. The van der Waals surface area contributed by atoms with Crippen LogP contribution in [0.1, 0.15) is 11.1 Å². The molecule has 4 heteroatoms. The fraction of sp³-hybridized carbons (Fsp3) is 0.143. The first kappa shape index (κ1) is 18.1. The van der Waals surface area contributed by atoms with Crippen molar-refractivity contribution in [1.82, 2.24) is 0 Å². The first-order valence-corrected chi connectivity index (χ1v) is 10.2. The lowest BCUT2D eigenvalue weighted by molar-refractivity contribution is 0.415. The van der Waals surface area contributed by atoms with Crippen LogP contribution >= 0.6 is 22.6 Å². The molecule has 0 bridgehead atoms. The maximum atomic E-state index is 13.3. The van der Waals surface area contributed by atoms with Crippen LogP contribution in [0.3, 0.4) is 0 Å². The number of aryl methyl sites for hydroxylation is 2. The summed E-state index contributed by atoms with van der Waals surface area (Å²) in [5, 5.41) is 0. The highest BCUT2D eigenvalue weighted by molar-refractivity contribution is 14.1. The number of hydrogen-bond donors (Lipinski definition) is 0. The van der Waals surface area contributed by atoms with Gasteiger partial charge >= 0.3 is 0 Å². The van der Waals surface area contributed by atoms with E-state index >= 15 is 0 Å². The Morgan fingerprint density at radius 1 is 0.880 bits per heavy atom. The van der Waals surface area contributed by atoms with Crippen LogP contribution in [0.25, 0.3) is 11.1 Å². The molecule has 0 aromatic heterocycles. The lowest BCUT2D eigenvalue weighted by Crippen LogP contribution is -2.01. The monoisotopic (exact) mass is 462 g/mol. The molecule has 3 aromatic carbocycles. The van der Waals surface area contributed by atoms with Gasteiger partial charge in [0.1, 0.15) is 5.75 Å². The van der Waals surface area contributed by atoms with Gasteiger partial charge in [-0.15, -0.1) is 0 Å². The van der Waals surface area contributed by atoms with Crippen LogP contribution in [0.5, 0.6) is 5.75 Å². The summed E-state index contributed by atoms with van der Waals surface area (Å²) in [5.41, 5.74) is 4.28. The third kappa shape index (κ3) is 3.65. The summed E-state index contributed by atoms with van der Waals surface area (Å²) < 4.78 is 20.0. The summed E-state index contributed by atoms with van der Waals surface area (Å²) in [6, 6.07) is 19.8. The number of hydrogen-bond acceptors (Lipinski definition) is 2. The lowest BCUT2D eigenvalue weighted by Gasteiger charge is -2.17. The summed E-state index contributed by atoms with van der Waals surface area (Å²) in [4.78, 5) is 1.57. The third-order valence-corrected chi connectivity index (χ3v) is 6.45. The topological polar surface area (TPSA) is 26.3 Å². The molecular formula is C21H19IO2S. The van der Waals surface area contributed by atoms with Crippen LogP contribution in [-0.2, 0) is 10.8 Å². The van der Waals surface area contributed by atoms with E-state index in [0.29, 0.717) is 0 Å². The van der Waals surface area contributed by atoms with Gasteiger partial charge in [-0.05, 0) is 72.3 Å². The van der Waals surface area contributed by atoms with Gasteiger partial charge in [0, 0.05) is 19.6 Å². The van der Waals surface area contributed by atoms with E-state index in [1.165, 1.54) is 0 Å². The van der Waals surface area contributed by atoms with E-state index in [-0.39, 0.29) is 0 Å². The second-order valence-corrected chi connectivity index (χ2v) is 8.46. The van der Waals surface area contributed by atoms with E-state index in [0.717, 1.165) is 41.4 Å². The summed E-state index contributed by atoms with van der Waals surface area (Å²) >= 11 is 2.33. The Balaban J connectivity index is 2.25. The molecule has 0 aliphatic heterocycles. The van der Waals surface area contributed by atoms with Crippen molar-refractivity contribution in [2.24, 2.45) is 0 Å². The van der Waals surface area contributed by atoms with Gasteiger partial charge in [0.15, 0.2) is 0 Å². The highest BCUT2D eigenvalue weighted by Crippen LogP contribution is 2.40. The Kier molecular flexibility index (Phi) is 5.59. The van der Waals surface area contributed by atoms with E-state index < -0.39 is 10.8 Å². The molecule has 1 unspecified atom stereocenters. The molecule has 0 amide bonds. The number of rotatable bonds is 4. The van der Waals surface area contributed by atoms with Crippen LogP contribution in [0.4, 0.5) is 0 Å². The van der Waals surface area contributed by atoms with Crippen LogP contribution in [0.15, 0.2) is 70.5 Å². The first-order valence-electron chi connectivity index (χ1n) is 7.94. The molecule has 0 fully saturated rings. The number of methoxy groups -OCH3 is 1. The maximum absolute atomic E-state index is 13.3. The quantitative estimate of drug-likeness (QED) is 0.462. The molecule has 0 heterocycles. The zero-order chi connectivity index (χ0) is 18.0. The Hall–Kier alpha value is -1.66. The van der Waals surface area contributed by atoms with Crippen molar-refractivity contribution in [2.45, 2.75) is 23.6 Å². The van der Waals surface area contributed by atoms with Gasteiger partial charge in [-0.25, -0.2) is 4.21 Å². The molecule has 0 N–H and O–H groups in total. The minimum absolute atomic E-state index is 0.741. The molecule has 0 saturated carbocycles. The van der Waals surface area contributed by atoms with Gasteiger partial charge in [0.05, 0.1) is 22.8 Å². The summed E-state index contributed by atoms with van der Waals surface area (Å²) in [6.45, 7) is 4.10. The molecule has 3 rings (SSSR count). The van der Waals surface area contributed by atoms with E-state index in [2.05, 4.69) is 41.6 Å². The van der Waals surface area contributed by atoms with Crippen LogP contribution < -0.4 is 4.74 Å². The number of halogens is 1. The summed E-state index contributed by atoms with van der Waals surface area (Å²) in [5.74, 6) is 0.741. The van der Waals surface area contributed by atoms with Crippen LogP contribution in [0.2, 0.25) is 0 Å². The summed E-state index contributed by atoms with van der Waals surface area (Å²) in [7, 11) is 0.376. The Morgan fingerprint density at radius 2 is 1.56 bits per heavy atom. The van der Waals surface area contributed by atoms with Crippen molar-refractivity contribution in [1.29, 1.82) is 0 Å².